The zero-order chi connectivity index (χ0) is 21.1. The smallest absolute Gasteiger partial charge is 0.307 e. The lowest BCUT2D eigenvalue weighted by Crippen LogP contribution is -2.36. The van der Waals surface area contributed by atoms with Gasteiger partial charge in [0.25, 0.3) is 0 Å². The first-order valence-electron chi connectivity index (χ1n) is 10.1. The first-order valence-corrected chi connectivity index (χ1v) is 10.6. The van der Waals surface area contributed by atoms with Gasteiger partial charge in [0, 0.05) is 6.42 Å². The van der Waals surface area contributed by atoms with E-state index < -0.39 is 16.6 Å². The minimum Gasteiger partial charge on any atom is -0.481 e. The number of Topliss-reactive ketones (excluding diaryl/α,β-unsaturated/α-hetero) is 1. The number of fused-ring (bicyclic) bond motifs is 1. The lowest BCUT2D eigenvalue weighted by Gasteiger charge is -2.23. The molecule has 1 atom stereocenters. The molecule has 1 aliphatic carbocycles. The van der Waals surface area contributed by atoms with Crippen LogP contribution in [0, 0.1) is 5.92 Å². The molecule has 0 aliphatic heterocycles. The molecule has 0 bridgehead atoms. The number of benzene rings is 3. The Hall–Kier alpha value is -2.85. The average molecular weight is 417 g/mol. The summed E-state index contributed by atoms with van der Waals surface area (Å²) < 4.78 is -0.811. The molecule has 3 nitrogen and oxygen atoms in total. The maximum absolute atomic E-state index is 13.0. The molecule has 0 spiro atoms. The van der Waals surface area contributed by atoms with Crippen LogP contribution in [0.3, 0.4) is 0 Å². The number of carboxylic acid groups (broad SMARTS) is 1. The molecule has 4 heteroatoms. The van der Waals surface area contributed by atoms with E-state index in [-0.39, 0.29) is 12.2 Å². The van der Waals surface area contributed by atoms with Gasteiger partial charge in [-0.1, -0.05) is 78.9 Å². The molecule has 3 aromatic carbocycles. The van der Waals surface area contributed by atoms with Crippen LogP contribution in [0.4, 0.5) is 0 Å². The van der Waals surface area contributed by atoms with Crippen LogP contribution in [0.5, 0.6) is 0 Å². The third kappa shape index (κ3) is 4.34. The van der Waals surface area contributed by atoms with Crippen molar-refractivity contribution in [3.8, 4) is 11.1 Å². The van der Waals surface area contributed by atoms with Crippen LogP contribution in [0.2, 0.25) is 0 Å². The van der Waals surface area contributed by atoms with Gasteiger partial charge in [-0.25, -0.2) is 0 Å². The molecular formula is C26H24O3S. The summed E-state index contributed by atoms with van der Waals surface area (Å²) >= 11 is 4.70. The van der Waals surface area contributed by atoms with Crippen LogP contribution in [-0.2, 0) is 28.9 Å². The Morgan fingerprint density at radius 3 is 1.93 bits per heavy atom. The Bertz CT molecular complexity index is 1030. The number of hydrogen-bond acceptors (Lipinski definition) is 3. The Kier molecular flexibility index (Phi) is 5.78. The maximum atomic E-state index is 13.0. The normalized spacial score (nSPS) is 15.4. The summed E-state index contributed by atoms with van der Waals surface area (Å²) in [7, 11) is 0. The van der Waals surface area contributed by atoms with Crippen molar-refractivity contribution >= 4 is 24.4 Å². The lowest BCUT2D eigenvalue weighted by molar-refractivity contribution is -0.144. The predicted octanol–water partition coefficient (Wildman–Crippen LogP) is 5.02. The molecule has 0 saturated carbocycles. The van der Waals surface area contributed by atoms with Crippen LogP contribution in [0.15, 0.2) is 78.9 Å². The number of carboxylic acids is 1. The van der Waals surface area contributed by atoms with Gasteiger partial charge in [-0.05, 0) is 47.1 Å². The second kappa shape index (κ2) is 8.49. The highest BCUT2D eigenvalue weighted by molar-refractivity contribution is 7.82. The van der Waals surface area contributed by atoms with Gasteiger partial charge < -0.3 is 5.11 Å². The third-order valence-electron chi connectivity index (χ3n) is 5.93. The second-order valence-electron chi connectivity index (χ2n) is 8.08. The van der Waals surface area contributed by atoms with Gasteiger partial charge in [0.05, 0.1) is 10.7 Å². The molecule has 152 valence electrons. The van der Waals surface area contributed by atoms with Crippen molar-refractivity contribution in [1.82, 2.24) is 0 Å². The van der Waals surface area contributed by atoms with Crippen LogP contribution >= 0.6 is 12.6 Å². The van der Waals surface area contributed by atoms with Crippen molar-refractivity contribution in [3.05, 3.63) is 95.6 Å². The summed E-state index contributed by atoms with van der Waals surface area (Å²) in [6.45, 7) is 0. The standard InChI is InChI=1S/C26H24O3S/c27-24(26(30)16-21-8-4-5-9-22(21)17-26)15-23(25(28)29)14-18-10-12-20(13-11-18)19-6-2-1-3-7-19/h1-13,23,30H,14-17H2,(H,28,29). The Labute approximate surface area is 182 Å². The van der Waals surface area contributed by atoms with Crippen molar-refractivity contribution < 1.29 is 14.7 Å². The molecule has 0 radical (unpaired) electrons. The first-order chi connectivity index (χ1) is 14.4. The Morgan fingerprint density at radius 2 is 1.37 bits per heavy atom. The molecule has 30 heavy (non-hydrogen) atoms. The molecule has 1 unspecified atom stereocenters. The van der Waals surface area contributed by atoms with Crippen LogP contribution < -0.4 is 0 Å². The molecule has 0 aromatic heterocycles. The number of aliphatic carboxylic acids is 1. The zero-order valence-electron chi connectivity index (χ0n) is 16.6. The quantitative estimate of drug-likeness (QED) is 0.532. The fraction of sp³-hybridized carbons (Fsp3) is 0.231. The molecule has 1 N–H and O–H groups in total. The van der Waals surface area contributed by atoms with E-state index in [1.165, 1.54) is 0 Å². The lowest BCUT2D eigenvalue weighted by atomic mass is 9.87. The number of ketones is 1. The van der Waals surface area contributed by atoms with E-state index in [0.717, 1.165) is 27.8 Å². The van der Waals surface area contributed by atoms with E-state index in [9.17, 15) is 14.7 Å². The number of carbonyl (C=O) groups is 2. The summed E-state index contributed by atoms with van der Waals surface area (Å²) in [6, 6.07) is 25.9. The second-order valence-corrected chi connectivity index (χ2v) is 8.94. The molecule has 4 rings (SSSR count). The van der Waals surface area contributed by atoms with Gasteiger partial charge in [0.2, 0.25) is 0 Å². The van der Waals surface area contributed by atoms with E-state index in [4.69, 9.17) is 12.6 Å². The Morgan fingerprint density at radius 1 is 0.833 bits per heavy atom. The van der Waals surface area contributed by atoms with Gasteiger partial charge in [0.15, 0.2) is 0 Å². The maximum Gasteiger partial charge on any atom is 0.307 e. The molecule has 0 heterocycles. The molecule has 0 amide bonds. The molecule has 3 aromatic rings. The SMILES string of the molecule is O=C(O)C(CC(=O)C1(S)Cc2ccccc2C1)Cc1ccc(-c2ccccc2)cc1. The van der Waals surface area contributed by atoms with Gasteiger partial charge in [0.1, 0.15) is 5.78 Å². The largest absolute Gasteiger partial charge is 0.481 e. The predicted molar refractivity (Wildman–Crippen MR) is 122 cm³/mol. The topological polar surface area (TPSA) is 54.4 Å². The van der Waals surface area contributed by atoms with E-state index >= 15 is 0 Å². The van der Waals surface area contributed by atoms with Crippen molar-refractivity contribution in [2.45, 2.75) is 30.4 Å². The number of carbonyl (C=O) groups excluding carboxylic acids is 1. The Balaban J connectivity index is 1.45. The monoisotopic (exact) mass is 416 g/mol. The van der Waals surface area contributed by atoms with E-state index in [2.05, 4.69) is 0 Å². The average Bonchev–Trinajstić information content (AvgIpc) is 3.12. The fourth-order valence-electron chi connectivity index (χ4n) is 4.20. The highest BCUT2D eigenvalue weighted by Gasteiger charge is 2.41. The number of rotatable bonds is 7. The van der Waals surface area contributed by atoms with Crippen molar-refractivity contribution in [3.63, 3.8) is 0 Å². The van der Waals surface area contributed by atoms with Crippen molar-refractivity contribution in [2.24, 2.45) is 5.92 Å². The molecule has 1 aliphatic rings. The van der Waals surface area contributed by atoms with Gasteiger partial charge >= 0.3 is 5.97 Å². The van der Waals surface area contributed by atoms with E-state index in [1.807, 2.05) is 78.9 Å². The fourth-order valence-corrected chi connectivity index (χ4v) is 4.63. The van der Waals surface area contributed by atoms with Crippen LogP contribution in [0.1, 0.15) is 23.1 Å². The zero-order valence-corrected chi connectivity index (χ0v) is 17.5. The summed E-state index contributed by atoms with van der Waals surface area (Å²) in [5, 5.41) is 9.74. The van der Waals surface area contributed by atoms with Crippen molar-refractivity contribution in [1.29, 1.82) is 0 Å². The van der Waals surface area contributed by atoms with Gasteiger partial charge in [-0.3, -0.25) is 9.59 Å². The van der Waals surface area contributed by atoms with E-state index in [0.29, 0.717) is 19.3 Å². The third-order valence-corrected chi connectivity index (χ3v) is 6.49. The number of hydrogen-bond donors (Lipinski definition) is 2. The molecular weight excluding hydrogens is 392 g/mol. The van der Waals surface area contributed by atoms with Gasteiger partial charge in [-0.15, -0.1) is 0 Å². The highest BCUT2D eigenvalue weighted by Crippen LogP contribution is 2.37. The summed E-state index contributed by atoms with van der Waals surface area (Å²) in [5.74, 6) is -1.79. The summed E-state index contributed by atoms with van der Waals surface area (Å²) in [6.07, 6.45) is 1.44. The van der Waals surface area contributed by atoms with Crippen LogP contribution in [0.25, 0.3) is 11.1 Å². The minimum atomic E-state index is -0.942. The number of thiol groups is 1. The van der Waals surface area contributed by atoms with Gasteiger partial charge in [-0.2, -0.15) is 12.6 Å². The first kappa shape index (κ1) is 20.4. The highest BCUT2D eigenvalue weighted by atomic mass is 32.1. The van der Waals surface area contributed by atoms with E-state index in [1.54, 1.807) is 0 Å². The summed E-state index contributed by atoms with van der Waals surface area (Å²) in [4.78, 5) is 24.9. The van der Waals surface area contributed by atoms with Crippen molar-refractivity contribution in [2.75, 3.05) is 0 Å². The summed E-state index contributed by atoms with van der Waals surface area (Å²) in [5.41, 5.74) is 5.37. The molecule has 0 saturated heterocycles. The molecule has 0 fully saturated rings. The van der Waals surface area contributed by atoms with Crippen LogP contribution in [-0.4, -0.2) is 21.6 Å². The minimum absolute atomic E-state index is 0.00669.